The first-order valence-corrected chi connectivity index (χ1v) is 9.51. The van der Waals surface area contributed by atoms with Gasteiger partial charge in [0.05, 0.1) is 0 Å². The van der Waals surface area contributed by atoms with E-state index in [9.17, 15) is 8.42 Å². The summed E-state index contributed by atoms with van der Waals surface area (Å²) in [5, 5.41) is 3.35. The maximum Gasteiger partial charge on any atom is 0.252 e. The highest BCUT2D eigenvalue weighted by molar-refractivity contribution is 7.91. The van der Waals surface area contributed by atoms with E-state index in [1.54, 1.807) is 10.4 Å². The van der Waals surface area contributed by atoms with Gasteiger partial charge in [0, 0.05) is 30.1 Å². The molecule has 0 radical (unpaired) electrons. The van der Waals surface area contributed by atoms with Gasteiger partial charge in [0.25, 0.3) is 10.0 Å². The molecule has 0 aliphatic carbocycles. The summed E-state index contributed by atoms with van der Waals surface area (Å²) in [7, 11) is -3.28. The molecule has 114 valence electrons. The van der Waals surface area contributed by atoms with Crippen LogP contribution < -0.4 is 5.32 Å². The lowest BCUT2D eigenvalue weighted by Crippen LogP contribution is -2.33. The van der Waals surface area contributed by atoms with Crippen molar-refractivity contribution in [2.75, 3.05) is 13.1 Å². The second kappa shape index (κ2) is 6.56. The minimum absolute atomic E-state index is 0.133. The first-order valence-electron chi connectivity index (χ1n) is 7.25. The lowest BCUT2D eigenvalue weighted by Gasteiger charge is -2.19. The fourth-order valence-electron chi connectivity index (χ4n) is 2.49. The molecule has 0 spiro atoms. The van der Waals surface area contributed by atoms with E-state index < -0.39 is 10.0 Å². The van der Waals surface area contributed by atoms with E-state index in [2.05, 4.69) is 19.2 Å². The van der Waals surface area contributed by atoms with Crippen LogP contribution >= 0.6 is 11.3 Å². The number of thiophene rings is 1. The van der Waals surface area contributed by atoms with Crippen LogP contribution in [-0.2, 0) is 16.4 Å². The van der Waals surface area contributed by atoms with Gasteiger partial charge < -0.3 is 5.32 Å². The largest absolute Gasteiger partial charge is 0.314 e. The summed E-state index contributed by atoms with van der Waals surface area (Å²) in [6.07, 6.45) is 2.82. The van der Waals surface area contributed by atoms with E-state index in [0.717, 1.165) is 30.7 Å². The molecular weight excluding hydrogens is 292 g/mol. The van der Waals surface area contributed by atoms with Gasteiger partial charge in [0.2, 0.25) is 0 Å². The van der Waals surface area contributed by atoms with Crippen molar-refractivity contribution in [3.05, 3.63) is 17.0 Å². The molecule has 2 heterocycles. The summed E-state index contributed by atoms with van der Waals surface area (Å²) in [6.45, 7) is 7.76. The number of hydrogen-bond donors (Lipinski definition) is 1. The molecule has 2 rings (SSSR count). The second-order valence-corrected chi connectivity index (χ2v) is 8.97. The lowest BCUT2D eigenvalue weighted by atomic mass is 10.3. The highest BCUT2D eigenvalue weighted by Gasteiger charge is 2.33. The van der Waals surface area contributed by atoms with E-state index in [1.165, 1.54) is 11.3 Å². The Morgan fingerprint density at radius 2 is 2.20 bits per heavy atom. The minimum atomic E-state index is -3.28. The average Bonchev–Trinajstić information content (AvgIpc) is 2.97. The van der Waals surface area contributed by atoms with Gasteiger partial charge in [-0.1, -0.05) is 13.8 Å². The van der Waals surface area contributed by atoms with Gasteiger partial charge in [0.1, 0.15) is 4.21 Å². The van der Waals surface area contributed by atoms with Crippen LogP contribution in [0.1, 0.15) is 38.5 Å². The van der Waals surface area contributed by atoms with Gasteiger partial charge in [-0.15, -0.1) is 11.3 Å². The molecule has 6 heteroatoms. The Morgan fingerprint density at radius 1 is 1.45 bits per heavy atom. The fraction of sp³-hybridized carbons (Fsp3) is 0.714. The first kappa shape index (κ1) is 15.9. The van der Waals surface area contributed by atoms with Crippen LogP contribution in [0.4, 0.5) is 0 Å². The molecule has 4 nitrogen and oxygen atoms in total. The van der Waals surface area contributed by atoms with Crippen molar-refractivity contribution >= 4 is 21.4 Å². The molecule has 20 heavy (non-hydrogen) atoms. The lowest BCUT2D eigenvalue weighted by molar-refractivity contribution is 0.409. The third kappa shape index (κ3) is 3.61. The van der Waals surface area contributed by atoms with Crippen LogP contribution in [0.2, 0.25) is 0 Å². The summed E-state index contributed by atoms with van der Waals surface area (Å²) in [6, 6.07) is 4.30. The predicted molar refractivity (Wildman–Crippen MR) is 83.7 cm³/mol. The van der Waals surface area contributed by atoms with Gasteiger partial charge in [-0.25, -0.2) is 8.42 Å². The molecule has 1 aliphatic rings. The standard InChI is InChI=1S/C14H24N2O2S2/c1-11(2)15-9-8-13-6-7-14(19-13)20(17,18)16-10-4-5-12(16)3/h6-7,11-12,15H,4-5,8-10H2,1-3H3. The van der Waals surface area contributed by atoms with Crippen LogP contribution in [0.5, 0.6) is 0 Å². The van der Waals surface area contributed by atoms with Crippen molar-refractivity contribution < 1.29 is 8.42 Å². The van der Waals surface area contributed by atoms with Crippen molar-refractivity contribution in [2.45, 2.75) is 56.3 Å². The first-order chi connectivity index (χ1) is 9.41. The topological polar surface area (TPSA) is 49.4 Å². The van der Waals surface area contributed by atoms with Crippen molar-refractivity contribution in [1.29, 1.82) is 0 Å². The Balaban J connectivity index is 2.04. The highest BCUT2D eigenvalue weighted by Crippen LogP contribution is 2.30. The van der Waals surface area contributed by atoms with Crippen molar-refractivity contribution in [2.24, 2.45) is 0 Å². The highest BCUT2D eigenvalue weighted by atomic mass is 32.2. The third-order valence-corrected chi connectivity index (χ3v) is 7.24. The maximum absolute atomic E-state index is 12.6. The number of rotatable bonds is 6. The smallest absolute Gasteiger partial charge is 0.252 e. The molecule has 0 saturated carbocycles. The summed E-state index contributed by atoms with van der Waals surface area (Å²) in [5.74, 6) is 0. The Morgan fingerprint density at radius 3 is 2.80 bits per heavy atom. The van der Waals surface area contributed by atoms with Crippen LogP contribution in [0.25, 0.3) is 0 Å². The van der Waals surface area contributed by atoms with Crippen molar-refractivity contribution in [3.63, 3.8) is 0 Å². The number of nitrogens with zero attached hydrogens (tertiary/aromatic N) is 1. The molecule has 1 aromatic heterocycles. The monoisotopic (exact) mass is 316 g/mol. The summed E-state index contributed by atoms with van der Waals surface area (Å²) in [4.78, 5) is 1.13. The quantitative estimate of drug-likeness (QED) is 0.877. The number of nitrogens with one attached hydrogen (secondary N) is 1. The Labute approximate surface area is 126 Å². The summed E-state index contributed by atoms with van der Waals surface area (Å²) in [5.41, 5.74) is 0. The molecule has 1 fully saturated rings. The number of sulfonamides is 1. The third-order valence-electron chi connectivity index (χ3n) is 3.62. The van der Waals surface area contributed by atoms with E-state index in [-0.39, 0.29) is 6.04 Å². The molecule has 1 unspecified atom stereocenters. The second-order valence-electron chi connectivity index (χ2n) is 5.69. The van der Waals surface area contributed by atoms with Gasteiger partial charge >= 0.3 is 0 Å². The van der Waals surface area contributed by atoms with E-state index in [1.807, 2.05) is 13.0 Å². The average molecular weight is 316 g/mol. The molecule has 1 aliphatic heterocycles. The zero-order valence-electron chi connectivity index (χ0n) is 12.4. The minimum Gasteiger partial charge on any atom is -0.314 e. The van der Waals surface area contributed by atoms with Gasteiger partial charge in [-0.3, -0.25) is 0 Å². The van der Waals surface area contributed by atoms with Gasteiger partial charge in [-0.05, 0) is 38.3 Å². The molecule has 0 bridgehead atoms. The molecule has 1 aromatic rings. The molecule has 0 aromatic carbocycles. The van der Waals surface area contributed by atoms with E-state index >= 15 is 0 Å². The van der Waals surface area contributed by atoms with Gasteiger partial charge in [0.15, 0.2) is 0 Å². The van der Waals surface area contributed by atoms with Crippen LogP contribution in [-0.4, -0.2) is 37.9 Å². The van der Waals surface area contributed by atoms with Crippen molar-refractivity contribution in [3.8, 4) is 0 Å². The van der Waals surface area contributed by atoms with Crippen molar-refractivity contribution in [1.82, 2.24) is 9.62 Å². The van der Waals surface area contributed by atoms with Gasteiger partial charge in [-0.2, -0.15) is 4.31 Å². The van der Waals surface area contributed by atoms with E-state index in [4.69, 9.17) is 0 Å². The molecule has 1 atom stereocenters. The predicted octanol–water partition coefficient (Wildman–Crippen LogP) is 2.46. The summed E-state index contributed by atoms with van der Waals surface area (Å²) >= 11 is 1.41. The zero-order chi connectivity index (χ0) is 14.8. The Bertz CT molecular complexity index is 537. The molecule has 0 amide bonds. The SMILES string of the molecule is CC(C)NCCc1ccc(S(=O)(=O)N2CCCC2C)s1. The fourth-order valence-corrected chi connectivity index (χ4v) is 5.68. The number of hydrogen-bond acceptors (Lipinski definition) is 4. The normalized spacial score (nSPS) is 20.9. The van der Waals surface area contributed by atoms with E-state index in [0.29, 0.717) is 16.8 Å². The van der Waals surface area contributed by atoms with Crippen LogP contribution in [0.3, 0.4) is 0 Å². The van der Waals surface area contributed by atoms with Crippen LogP contribution in [0, 0.1) is 0 Å². The Hall–Kier alpha value is -0.430. The van der Waals surface area contributed by atoms with Crippen LogP contribution in [0.15, 0.2) is 16.3 Å². The Kier molecular flexibility index (Phi) is 5.23. The molecule has 1 saturated heterocycles. The molecular formula is C14H24N2O2S2. The summed E-state index contributed by atoms with van der Waals surface area (Å²) < 4.78 is 27.3. The zero-order valence-corrected chi connectivity index (χ0v) is 14.1. The maximum atomic E-state index is 12.6. The molecule has 1 N–H and O–H groups in total.